The fourth-order valence-corrected chi connectivity index (χ4v) is 1.41. The molecule has 0 aliphatic carbocycles. The summed E-state index contributed by atoms with van der Waals surface area (Å²) in [5.41, 5.74) is 0. The Hall–Kier alpha value is -0.570. The van der Waals surface area contributed by atoms with E-state index in [9.17, 15) is 9.90 Å². The van der Waals surface area contributed by atoms with E-state index in [2.05, 4.69) is 13.8 Å². The molecule has 0 saturated carbocycles. The Kier molecular flexibility index (Phi) is 7.48. The molecule has 0 aromatic carbocycles. The van der Waals surface area contributed by atoms with Crippen LogP contribution < -0.4 is 0 Å². The number of hydrogen-bond acceptors (Lipinski definition) is 2. The molecule has 1 atom stereocenters. The second kappa shape index (κ2) is 7.80. The summed E-state index contributed by atoms with van der Waals surface area (Å²) < 4.78 is 0. The van der Waals surface area contributed by atoms with Gasteiger partial charge in [0.1, 0.15) is 0 Å². The van der Waals surface area contributed by atoms with Crippen LogP contribution in [0.1, 0.15) is 52.4 Å². The fraction of sp³-hybridized carbons (Fsp3) is 0.909. The summed E-state index contributed by atoms with van der Waals surface area (Å²) in [4.78, 5) is 10.2. The number of aliphatic hydroxyl groups excluding tert-OH is 1. The first-order valence-corrected chi connectivity index (χ1v) is 5.42. The molecule has 0 heterocycles. The molecule has 84 valence electrons. The summed E-state index contributed by atoms with van der Waals surface area (Å²) in [5, 5.41) is 17.6. The van der Waals surface area contributed by atoms with Crippen molar-refractivity contribution in [2.75, 3.05) is 0 Å². The van der Waals surface area contributed by atoms with Crippen molar-refractivity contribution in [3.8, 4) is 0 Å². The van der Waals surface area contributed by atoms with Crippen molar-refractivity contribution in [3.63, 3.8) is 0 Å². The Morgan fingerprint density at radius 2 is 1.71 bits per heavy atom. The molecule has 2 N–H and O–H groups in total. The maximum absolute atomic E-state index is 10.2. The number of aliphatic carboxylic acids is 1. The van der Waals surface area contributed by atoms with E-state index in [4.69, 9.17) is 5.11 Å². The van der Waals surface area contributed by atoms with Crippen molar-refractivity contribution in [2.24, 2.45) is 5.92 Å². The van der Waals surface area contributed by atoms with Crippen LogP contribution in [0, 0.1) is 5.92 Å². The van der Waals surface area contributed by atoms with E-state index < -0.39 is 12.1 Å². The molecule has 0 saturated heterocycles. The SMILES string of the molecule is CC(C)CCCCC[C@@H](O)CC(=O)O. The van der Waals surface area contributed by atoms with Gasteiger partial charge >= 0.3 is 5.97 Å². The quantitative estimate of drug-likeness (QED) is 0.594. The van der Waals surface area contributed by atoms with Gasteiger partial charge in [-0.1, -0.05) is 39.5 Å². The highest BCUT2D eigenvalue weighted by Gasteiger charge is 2.08. The summed E-state index contributed by atoms with van der Waals surface area (Å²) >= 11 is 0. The van der Waals surface area contributed by atoms with Crippen molar-refractivity contribution >= 4 is 5.97 Å². The van der Waals surface area contributed by atoms with E-state index >= 15 is 0 Å². The topological polar surface area (TPSA) is 57.5 Å². The minimum atomic E-state index is -0.917. The number of carboxylic acid groups (broad SMARTS) is 1. The third-order valence-electron chi connectivity index (χ3n) is 2.23. The zero-order chi connectivity index (χ0) is 11.0. The maximum Gasteiger partial charge on any atom is 0.305 e. The van der Waals surface area contributed by atoms with Gasteiger partial charge in [0.2, 0.25) is 0 Å². The Morgan fingerprint density at radius 3 is 2.21 bits per heavy atom. The average Bonchev–Trinajstić information content (AvgIpc) is 2.01. The lowest BCUT2D eigenvalue weighted by atomic mass is 10.0. The molecular weight excluding hydrogens is 180 g/mol. The number of carboxylic acids is 1. The summed E-state index contributed by atoms with van der Waals surface area (Å²) in [6, 6.07) is 0. The Balaban J connectivity index is 3.23. The van der Waals surface area contributed by atoms with E-state index in [0.29, 0.717) is 6.42 Å². The molecule has 0 aliphatic heterocycles. The molecule has 0 aliphatic rings. The van der Waals surface area contributed by atoms with Crippen LogP contribution in [0.15, 0.2) is 0 Å². The standard InChI is InChI=1S/C11H22O3/c1-9(2)6-4-3-5-7-10(12)8-11(13)14/h9-10,12H,3-8H2,1-2H3,(H,13,14)/t10-/m1/s1. The van der Waals surface area contributed by atoms with Crippen LogP contribution in [0.5, 0.6) is 0 Å². The molecule has 0 rings (SSSR count). The summed E-state index contributed by atoms with van der Waals surface area (Å²) in [6.45, 7) is 4.39. The molecule has 0 spiro atoms. The van der Waals surface area contributed by atoms with E-state index in [0.717, 1.165) is 18.8 Å². The van der Waals surface area contributed by atoms with E-state index in [1.54, 1.807) is 0 Å². The first-order chi connectivity index (χ1) is 6.52. The highest BCUT2D eigenvalue weighted by Crippen LogP contribution is 2.11. The van der Waals surface area contributed by atoms with Gasteiger partial charge in [0.05, 0.1) is 12.5 Å². The maximum atomic E-state index is 10.2. The van der Waals surface area contributed by atoms with Gasteiger partial charge in [-0.2, -0.15) is 0 Å². The number of carbonyl (C=O) groups is 1. The number of hydrogen-bond donors (Lipinski definition) is 2. The lowest BCUT2D eigenvalue weighted by Crippen LogP contribution is -2.12. The van der Waals surface area contributed by atoms with Crippen LogP contribution in [0.4, 0.5) is 0 Å². The first-order valence-electron chi connectivity index (χ1n) is 5.42. The minimum absolute atomic E-state index is 0.121. The minimum Gasteiger partial charge on any atom is -0.481 e. The van der Waals surface area contributed by atoms with Crippen molar-refractivity contribution in [1.82, 2.24) is 0 Å². The zero-order valence-electron chi connectivity index (χ0n) is 9.20. The van der Waals surface area contributed by atoms with E-state index in [-0.39, 0.29) is 6.42 Å². The largest absolute Gasteiger partial charge is 0.481 e. The monoisotopic (exact) mass is 202 g/mol. The summed E-state index contributed by atoms with van der Waals surface area (Å²) in [7, 11) is 0. The molecule has 0 aromatic heterocycles. The van der Waals surface area contributed by atoms with Gasteiger partial charge in [-0.15, -0.1) is 0 Å². The van der Waals surface area contributed by atoms with Gasteiger partial charge in [-0.25, -0.2) is 0 Å². The summed E-state index contributed by atoms with van der Waals surface area (Å²) in [6.07, 6.45) is 4.25. The van der Waals surface area contributed by atoms with Crippen molar-refractivity contribution in [3.05, 3.63) is 0 Å². The van der Waals surface area contributed by atoms with Gasteiger partial charge in [0.25, 0.3) is 0 Å². The molecule has 0 amide bonds. The molecule has 14 heavy (non-hydrogen) atoms. The van der Waals surface area contributed by atoms with E-state index in [1.807, 2.05) is 0 Å². The van der Waals surface area contributed by atoms with Crippen LogP contribution in [-0.4, -0.2) is 22.3 Å². The third-order valence-corrected chi connectivity index (χ3v) is 2.23. The molecule has 0 unspecified atom stereocenters. The number of aliphatic hydroxyl groups is 1. The normalized spacial score (nSPS) is 13.1. The molecule has 0 aromatic rings. The zero-order valence-corrected chi connectivity index (χ0v) is 9.20. The van der Waals surface area contributed by atoms with Gasteiger partial charge in [-0.05, 0) is 12.3 Å². The van der Waals surface area contributed by atoms with Gasteiger partial charge in [-0.3, -0.25) is 4.79 Å². The highest BCUT2D eigenvalue weighted by atomic mass is 16.4. The number of rotatable bonds is 8. The second-order valence-electron chi connectivity index (χ2n) is 4.28. The van der Waals surface area contributed by atoms with Crippen molar-refractivity contribution < 1.29 is 15.0 Å². The molecule has 3 nitrogen and oxygen atoms in total. The smallest absolute Gasteiger partial charge is 0.305 e. The second-order valence-corrected chi connectivity index (χ2v) is 4.28. The van der Waals surface area contributed by atoms with Gasteiger partial charge in [0.15, 0.2) is 0 Å². The lowest BCUT2D eigenvalue weighted by Gasteiger charge is -2.08. The average molecular weight is 202 g/mol. The van der Waals surface area contributed by atoms with Crippen molar-refractivity contribution in [2.45, 2.75) is 58.5 Å². The molecular formula is C11H22O3. The van der Waals surface area contributed by atoms with Gasteiger partial charge < -0.3 is 10.2 Å². The van der Waals surface area contributed by atoms with Crippen LogP contribution in [0.3, 0.4) is 0 Å². The van der Waals surface area contributed by atoms with E-state index in [1.165, 1.54) is 12.8 Å². The lowest BCUT2D eigenvalue weighted by molar-refractivity contribution is -0.139. The molecule has 0 fully saturated rings. The highest BCUT2D eigenvalue weighted by molar-refractivity contribution is 5.67. The van der Waals surface area contributed by atoms with Crippen LogP contribution in [0.2, 0.25) is 0 Å². The number of unbranched alkanes of at least 4 members (excludes halogenated alkanes) is 2. The molecule has 0 radical (unpaired) electrons. The summed E-state index contributed by atoms with van der Waals surface area (Å²) in [5.74, 6) is -0.182. The Bertz CT molecular complexity index is 155. The Morgan fingerprint density at radius 1 is 1.14 bits per heavy atom. The third kappa shape index (κ3) is 9.52. The molecule has 3 heteroatoms. The fourth-order valence-electron chi connectivity index (χ4n) is 1.41. The van der Waals surface area contributed by atoms with Crippen LogP contribution >= 0.6 is 0 Å². The predicted octanol–water partition coefficient (Wildman–Crippen LogP) is 2.43. The van der Waals surface area contributed by atoms with Gasteiger partial charge in [0, 0.05) is 0 Å². The van der Waals surface area contributed by atoms with Crippen LogP contribution in [0.25, 0.3) is 0 Å². The predicted molar refractivity (Wildman–Crippen MR) is 56.2 cm³/mol. The Labute approximate surface area is 86.1 Å². The van der Waals surface area contributed by atoms with Crippen LogP contribution in [-0.2, 0) is 4.79 Å². The molecule has 0 bridgehead atoms. The van der Waals surface area contributed by atoms with Crippen molar-refractivity contribution in [1.29, 1.82) is 0 Å². The first kappa shape index (κ1) is 13.4.